The maximum atomic E-state index is 12.5. The molecule has 4 rings (SSSR count). The maximum Gasteiger partial charge on any atom is 0.273 e. The summed E-state index contributed by atoms with van der Waals surface area (Å²) in [4.78, 5) is 29.6. The Morgan fingerprint density at radius 2 is 1.92 bits per heavy atom. The zero-order valence-corrected chi connectivity index (χ0v) is 20.4. The van der Waals surface area contributed by atoms with Crippen LogP contribution >= 0.6 is 0 Å². The molecule has 3 aromatic rings. The number of morpholine rings is 1. The number of methoxy groups -OCH3 is 1. The second kappa shape index (κ2) is 12.8. The smallest absolute Gasteiger partial charge is 0.273 e. The first-order valence-corrected chi connectivity index (χ1v) is 12.0. The molecule has 0 spiro atoms. The van der Waals surface area contributed by atoms with Crippen molar-refractivity contribution in [1.29, 1.82) is 0 Å². The number of carbonyl (C=O) groups is 1. The molecule has 0 unspecified atom stereocenters. The van der Waals surface area contributed by atoms with E-state index < -0.39 is 0 Å². The van der Waals surface area contributed by atoms with E-state index in [9.17, 15) is 9.59 Å². The fourth-order valence-electron chi connectivity index (χ4n) is 3.79. The van der Waals surface area contributed by atoms with Gasteiger partial charge >= 0.3 is 0 Å². The minimum Gasteiger partial charge on any atom is -0.497 e. The highest BCUT2D eigenvalue weighted by Crippen LogP contribution is 2.20. The molecular weight excluding hydrogens is 462 g/mol. The van der Waals surface area contributed by atoms with Crippen LogP contribution in [0.15, 0.2) is 53.3 Å². The molecule has 0 bridgehead atoms. The van der Waals surface area contributed by atoms with E-state index in [2.05, 4.69) is 25.4 Å². The lowest BCUT2D eigenvalue weighted by atomic mass is 10.2. The van der Waals surface area contributed by atoms with E-state index in [-0.39, 0.29) is 30.0 Å². The molecule has 0 radical (unpaired) electrons. The van der Waals surface area contributed by atoms with Crippen LogP contribution in [0.2, 0.25) is 0 Å². The van der Waals surface area contributed by atoms with Crippen LogP contribution in [0.1, 0.15) is 17.7 Å². The Balaban J connectivity index is 1.25. The normalized spacial score (nSPS) is 13.8. The van der Waals surface area contributed by atoms with E-state index in [0.717, 1.165) is 44.2 Å². The number of carbonyl (C=O) groups excluding carboxylic acids is 1. The highest BCUT2D eigenvalue weighted by Gasteiger charge is 2.12. The molecule has 10 nitrogen and oxygen atoms in total. The second-order valence-electron chi connectivity index (χ2n) is 8.42. The number of H-pyrrole nitrogens is 1. The summed E-state index contributed by atoms with van der Waals surface area (Å²) >= 11 is 0. The number of aromatic amines is 1. The molecule has 10 heteroatoms. The third kappa shape index (κ3) is 7.37. The summed E-state index contributed by atoms with van der Waals surface area (Å²) in [5.74, 6) is 1.71. The molecule has 0 saturated carbocycles. The fourth-order valence-corrected chi connectivity index (χ4v) is 3.79. The zero-order valence-electron chi connectivity index (χ0n) is 20.4. The lowest BCUT2D eigenvalue weighted by Crippen LogP contribution is -2.41. The van der Waals surface area contributed by atoms with E-state index in [0.29, 0.717) is 30.3 Å². The number of ether oxygens (including phenoxy) is 3. The minimum absolute atomic E-state index is 0.113. The van der Waals surface area contributed by atoms with Gasteiger partial charge in [-0.3, -0.25) is 14.5 Å². The Bertz CT molecular complexity index is 1190. The van der Waals surface area contributed by atoms with E-state index in [1.54, 1.807) is 7.11 Å². The summed E-state index contributed by atoms with van der Waals surface area (Å²) in [6, 6.07) is 14.9. The Hall–Kier alpha value is -3.76. The van der Waals surface area contributed by atoms with Gasteiger partial charge in [-0.15, -0.1) is 10.2 Å². The van der Waals surface area contributed by atoms with Crippen molar-refractivity contribution in [3.8, 4) is 22.9 Å². The summed E-state index contributed by atoms with van der Waals surface area (Å²) in [5, 5.41) is 11.1. The first-order valence-electron chi connectivity index (χ1n) is 12.0. The van der Waals surface area contributed by atoms with Crippen LogP contribution < -0.4 is 20.3 Å². The van der Waals surface area contributed by atoms with Crippen molar-refractivity contribution < 1.29 is 19.0 Å². The van der Waals surface area contributed by atoms with Gasteiger partial charge in [-0.1, -0.05) is 12.1 Å². The number of hydrogen-bond acceptors (Lipinski definition) is 8. The number of benzene rings is 2. The third-order valence-electron chi connectivity index (χ3n) is 5.87. The van der Waals surface area contributed by atoms with E-state index in [1.165, 1.54) is 0 Å². The Morgan fingerprint density at radius 1 is 1.11 bits per heavy atom. The SMILES string of the molecule is COc1cccc(COc2ccc(-c3nnc(CCC(=O)NCCN4CCOCC4)c(=O)[nH]3)cc2)c1. The van der Waals surface area contributed by atoms with E-state index in [4.69, 9.17) is 14.2 Å². The number of rotatable bonds is 11. The molecule has 1 saturated heterocycles. The molecule has 0 aliphatic carbocycles. The molecule has 2 heterocycles. The highest BCUT2D eigenvalue weighted by atomic mass is 16.5. The third-order valence-corrected chi connectivity index (χ3v) is 5.87. The Labute approximate surface area is 209 Å². The molecular formula is C26H31N5O5. The van der Waals surface area contributed by atoms with Gasteiger partial charge in [-0.2, -0.15) is 0 Å². The van der Waals surface area contributed by atoms with Crippen molar-refractivity contribution in [1.82, 2.24) is 25.4 Å². The second-order valence-corrected chi connectivity index (χ2v) is 8.42. The molecule has 1 aliphatic heterocycles. The number of nitrogens with one attached hydrogen (secondary N) is 2. The van der Waals surface area contributed by atoms with Crippen molar-refractivity contribution >= 4 is 5.91 Å². The van der Waals surface area contributed by atoms with Gasteiger partial charge in [0.25, 0.3) is 5.56 Å². The molecule has 1 amide bonds. The summed E-state index contributed by atoms with van der Waals surface area (Å²) in [6.45, 7) is 4.98. The van der Waals surface area contributed by atoms with Crippen LogP contribution in [-0.2, 0) is 22.6 Å². The molecule has 36 heavy (non-hydrogen) atoms. The number of amides is 1. The van der Waals surface area contributed by atoms with Gasteiger partial charge in [0.1, 0.15) is 23.8 Å². The van der Waals surface area contributed by atoms with Gasteiger partial charge in [-0.25, -0.2) is 0 Å². The van der Waals surface area contributed by atoms with Gasteiger partial charge in [0.05, 0.1) is 20.3 Å². The van der Waals surface area contributed by atoms with Gasteiger partial charge in [0.15, 0.2) is 5.82 Å². The first-order chi connectivity index (χ1) is 17.6. The Kier molecular flexibility index (Phi) is 9.01. The summed E-state index contributed by atoms with van der Waals surface area (Å²) < 4.78 is 16.4. The molecule has 1 aromatic heterocycles. The van der Waals surface area contributed by atoms with Crippen LogP contribution in [0, 0.1) is 0 Å². The standard InChI is InChI=1S/C26H31N5O5/c1-34-22-4-2-3-19(17-22)18-36-21-7-5-20(6-8-21)25-28-26(33)23(29-30-25)9-10-24(32)27-11-12-31-13-15-35-16-14-31/h2-8,17H,9-16,18H2,1H3,(H,27,32)(H,28,30,33). The molecule has 2 aromatic carbocycles. The number of nitrogens with zero attached hydrogens (tertiary/aromatic N) is 3. The molecule has 1 aliphatic rings. The van der Waals surface area contributed by atoms with Gasteiger partial charge < -0.3 is 24.5 Å². The number of aromatic nitrogens is 3. The molecule has 0 atom stereocenters. The van der Waals surface area contributed by atoms with Crippen molar-refractivity contribution in [2.24, 2.45) is 0 Å². The largest absolute Gasteiger partial charge is 0.497 e. The summed E-state index contributed by atoms with van der Waals surface area (Å²) in [6.07, 6.45) is 0.405. The zero-order chi connectivity index (χ0) is 25.2. The lowest BCUT2D eigenvalue weighted by molar-refractivity contribution is -0.121. The van der Waals surface area contributed by atoms with Crippen LogP contribution in [0.25, 0.3) is 11.4 Å². The van der Waals surface area contributed by atoms with E-state index >= 15 is 0 Å². The lowest BCUT2D eigenvalue weighted by Gasteiger charge is -2.26. The van der Waals surface area contributed by atoms with Gasteiger partial charge in [0.2, 0.25) is 5.91 Å². The monoisotopic (exact) mass is 493 g/mol. The number of aryl methyl sites for hydroxylation is 1. The quantitative estimate of drug-likeness (QED) is 0.415. The summed E-state index contributed by atoms with van der Waals surface area (Å²) in [5.41, 5.74) is 1.59. The predicted molar refractivity (Wildman–Crippen MR) is 134 cm³/mol. The average molecular weight is 494 g/mol. The first kappa shape index (κ1) is 25.3. The fraction of sp³-hybridized carbons (Fsp3) is 0.385. The topological polar surface area (TPSA) is 119 Å². The average Bonchev–Trinajstić information content (AvgIpc) is 2.92. The van der Waals surface area contributed by atoms with Crippen LogP contribution in [0.3, 0.4) is 0 Å². The van der Waals surface area contributed by atoms with Crippen LogP contribution in [0.4, 0.5) is 0 Å². The molecule has 2 N–H and O–H groups in total. The predicted octanol–water partition coefficient (Wildman–Crippen LogP) is 1.80. The minimum atomic E-state index is -0.348. The van der Waals surface area contributed by atoms with Gasteiger partial charge in [-0.05, 0) is 42.0 Å². The van der Waals surface area contributed by atoms with Crippen molar-refractivity contribution in [3.05, 3.63) is 70.1 Å². The number of hydrogen-bond donors (Lipinski definition) is 2. The Morgan fingerprint density at radius 3 is 2.67 bits per heavy atom. The summed E-state index contributed by atoms with van der Waals surface area (Å²) in [7, 11) is 1.63. The van der Waals surface area contributed by atoms with Crippen molar-refractivity contribution in [3.63, 3.8) is 0 Å². The van der Waals surface area contributed by atoms with Crippen LogP contribution in [-0.4, -0.2) is 72.5 Å². The maximum absolute atomic E-state index is 12.5. The molecule has 190 valence electrons. The molecule has 1 fully saturated rings. The van der Waals surface area contributed by atoms with Crippen molar-refractivity contribution in [2.45, 2.75) is 19.4 Å². The van der Waals surface area contributed by atoms with Crippen LogP contribution in [0.5, 0.6) is 11.5 Å². The van der Waals surface area contributed by atoms with Crippen molar-refractivity contribution in [2.75, 3.05) is 46.5 Å². The van der Waals surface area contributed by atoms with E-state index in [1.807, 2.05) is 48.5 Å². The van der Waals surface area contributed by atoms with Gasteiger partial charge in [0, 0.05) is 44.6 Å². The highest BCUT2D eigenvalue weighted by molar-refractivity contribution is 5.76.